The molecule has 1 fully saturated rings. The van der Waals surface area contributed by atoms with Crippen LogP contribution >= 0.6 is 0 Å². The lowest BCUT2D eigenvalue weighted by molar-refractivity contribution is -0.161. The number of hydrogen-bond donors (Lipinski definition) is 0. The van der Waals surface area contributed by atoms with E-state index in [1.54, 1.807) is 0 Å². The van der Waals surface area contributed by atoms with Gasteiger partial charge in [-0.3, -0.25) is 0 Å². The first kappa shape index (κ1) is 10.9. The van der Waals surface area contributed by atoms with E-state index in [0.29, 0.717) is 0 Å². The van der Waals surface area contributed by atoms with Gasteiger partial charge in [-0.15, -0.1) is 0 Å². The van der Waals surface area contributed by atoms with E-state index >= 15 is 0 Å². The Hall–Kier alpha value is -0.600. The van der Waals surface area contributed by atoms with Crippen LogP contribution in [0.3, 0.4) is 0 Å². The van der Waals surface area contributed by atoms with Crippen molar-refractivity contribution in [1.82, 2.24) is 0 Å². The molecule has 2 heteroatoms. The second-order valence-corrected chi connectivity index (χ2v) is 4.31. The fourth-order valence-electron chi connectivity index (χ4n) is 2.11. The second-order valence-electron chi connectivity index (χ2n) is 4.31. The molecule has 1 heterocycles. The van der Waals surface area contributed by atoms with E-state index in [4.69, 9.17) is 9.47 Å². The van der Waals surface area contributed by atoms with Gasteiger partial charge in [-0.1, -0.05) is 23.3 Å². The molecule has 1 atom stereocenters. The van der Waals surface area contributed by atoms with Gasteiger partial charge in [0.15, 0.2) is 6.29 Å². The highest BCUT2D eigenvalue weighted by atomic mass is 16.7. The molecule has 0 aromatic carbocycles. The van der Waals surface area contributed by atoms with E-state index in [1.165, 1.54) is 24.0 Å². The van der Waals surface area contributed by atoms with Gasteiger partial charge in [0.25, 0.3) is 0 Å². The molecule has 0 aromatic heterocycles. The van der Waals surface area contributed by atoms with Gasteiger partial charge in [0.05, 0.1) is 6.61 Å². The fraction of sp³-hybridized carbons (Fsp3) is 0.692. The molecule has 84 valence electrons. The van der Waals surface area contributed by atoms with E-state index in [0.717, 1.165) is 32.5 Å². The van der Waals surface area contributed by atoms with Gasteiger partial charge < -0.3 is 9.47 Å². The summed E-state index contributed by atoms with van der Waals surface area (Å²) >= 11 is 0. The van der Waals surface area contributed by atoms with Crippen molar-refractivity contribution in [2.45, 2.75) is 45.3 Å². The number of hydrogen-bond acceptors (Lipinski definition) is 2. The summed E-state index contributed by atoms with van der Waals surface area (Å²) in [5.41, 5.74) is 2.94. The minimum atomic E-state index is 0.0639. The summed E-state index contributed by atoms with van der Waals surface area (Å²) in [7, 11) is 0. The SMILES string of the molecule is CC1=C(CCOC2CCCCO2)CC=C1. The van der Waals surface area contributed by atoms with Gasteiger partial charge in [-0.2, -0.15) is 0 Å². The first-order chi connectivity index (χ1) is 7.36. The van der Waals surface area contributed by atoms with Gasteiger partial charge in [0.2, 0.25) is 0 Å². The zero-order chi connectivity index (χ0) is 10.5. The molecule has 0 N–H and O–H groups in total. The summed E-state index contributed by atoms with van der Waals surface area (Å²) in [5.74, 6) is 0. The predicted molar refractivity (Wildman–Crippen MR) is 60.6 cm³/mol. The monoisotopic (exact) mass is 208 g/mol. The Balaban J connectivity index is 1.64. The van der Waals surface area contributed by atoms with E-state index in [1.807, 2.05) is 0 Å². The van der Waals surface area contributed by atoms with Crippen molar-refractivity contribution in [3.8, 4) is 0 Å². The van der Waals surface area contributed by atoms with Gasteiger partial charge in [0, 0.05) is 6.61 Å². The molecule has 2 nitrogen and oxygen atoms in total. The Morgan fingerprint density at radius 2 is 2.40 bits per heavy atom. The molecular weight excluding hydrogens is 188 g/mol. The van der Waals surface area contributed by atoms with Crippen LogP contribution in [-0.2, 0) is 9.47 Å². The highest BCUT2D eigenvalue weighted by Crippen LogP contribution is 2.22. The Morgan fingerprint density at radius 3 is 3.07 bits per heavy atom. The lowest BCUT2D eigenvalue weighted by Crippen LogP contribution is -2.22. The Bertz CT molecular complexity index is 260. The Morgan fingerprint density at radius 1 is 1.47 bits per heavy atom. The van der Waals surface area contributed by atoms with Gasteiger partial charge in [0.1, 0.15) is 0 Å². The van der Waals surface area contributed by atoms with Crippen LogP contribution in [0.4, 0.5) is 0 Å². The lowest BCUT2D eigenvalue weighted by atomic mass is 10.1. The predicted octanol–water partition coefficient (Wildman–Crippen LogP) is 3.20. The van der Waals surface area contributed by atoms with Crippen LogP contribution in [0.25, 0.3) is 0 Å². The van der Waals surface area contributed by atoms with Gasteiger partial charge >= 0.3 is 0 Å². The average Bonchev–Trinajstić information content (AvgIpc) is 2.66. The molecule has 1 saturated heterocycles. The third-order valence-electron chi connectivity index (χ3n) is 3.14. The molecule has 2 aliphatic rings. The standard InChI is InChI=1S/C13H20O2/c1-11-5-4-6-12(11)8-10-15-13-7-2-3-9-14-13/h4-5,13H,2-3,6-10H2,1H3. The average molecular weight is 208 g/mol. The molecule has 15 heavy (non-hydrogen) atoms. The number of rotatable bonds is 4. The molecule has 0 bridgehead atoms. The highest BCUT2D eigenvalue weighted by Gasteiger charge is 2.14. The van der Waals surface area contributed by atoms with E-state index < -0.39 is 0 Å². The lowest BCUT2D eigenvalue weighted by Gasteiger charge is -2.22. The van der Waals surface area contributed by atoms with Crippen molar-refractivity contribution in [3.63, 3.8) is 0 Å². The maximum absolute atomic E-state index is 5.71. The van der Waals surface area contributed by atoms with Crippen molar-refractivity contribution < 1.29 is 9.47 Å². The molecular formula is C13H20O2. The van der Waals surface area contributed by atoms with Crippen LogP contribution in [-0.4, -0.2) is 19.5 Å². The van der Waals surface area contributed by atoms with Crippen molar-refractivity contribution >= 4 is 0 Å². The molecule has 2 rings (SSSR count). The van der Waals surface area contributed by atoms with Crippen molar-refractivity contribution in [2.75, 3.05) is 13.2 Å². The van der Waals surface area contributed by atoms with Crippen LogP contribution < -0.4 is 0 Å². The molecule has 0 aromatic rings. The summed E-state index contributed by atoms with van der Waals surface area (Å²) in [6.45, 7) is 3.85. The van der Waals surface area contributed by atoms with Crippen LogP contribution in [0.1, 0.15) is 39.0 Å². The summed E-state index contributed by atoms with van der Waals surface area (Å²) in [4.78, 5) is 0. The van der Waals surface area contributed by atoms with Crippen LogP contribution in [0.15, 0.2) is 23.3 Å². The van der Waals surface area contributed by atoms with Crippen molar-refractivity contribution in [2.24, 2.45) is 0 Å². The maximum atomic E-state index is 5.71. The van der Waals surface area contributed by atoms with E-state index in [9.17, 15) is 0 Å². The fourth-order valence-corrected chi connectivity index (χ4v) is 2.11. The first-order valence-electron chi connectivity index (χ1n) is 5.94. The molecule has 0 amide bonds. The number of allylic oxidation sites excluding steroid dienone is 3. The zero-order valence-electron chi connectivity index (χ0n) is 9.50. The van der Waals surface area contributed by atoms with E-state index in [2.05, 4.69) is 19.1 Å². The van der Waals surface area contributed by atoms with Crippen LogP contribution in [0.2, 0.25) is 0 Å². The minimum absolute atomic E-state index is 0.0639. The van der Waals surface area contributed by atoms with Gasteiger partial charge in [-0.05, 0) is 39.0 Å². The van der Waals surface area contributed by atoms with Crippen molar-refractivity contribution in [1.29, 1.82) is 0 Å². The van der Waals surface area contributed by atoms with Crippen molar-refractivity contribution in [3.05, 3.63) is 23.3 Å². The Labute approximate surface area is 92.0 Å². The summed E-state index contributed by atoms with van der Waals surface area (Å²) in [6.07, 6.45) is 10.2. The maximum Gasteiger partial charge on any atom is 0.157 e. The normalized spacial score (nSPS) is 26.3. The third-order valence-corrected chi connectivity index (χ3v) is 3.14. The smallest absolute Gasteiger partial charge is 0.157 e. The minimum Gasteiger partial charge on any atom is -0.353 e. The molecule has 1 aliphatic carbocycles. The van der Waals surface area contributed by atoms with Gasteiger partial charge in [-0.25, -0.2) is 0 Å². The molecule has 0 spiro atoms. The topological polar surface area (TPSA) is 18.5 Å². The molecule has 1 unspecified atom stereocenters. The summed E-state index contributed by atoms with van der Waals surface area (Å²) < 4.78 is 11.2. The second kappa shape index (κ2) is 5.47. The third kappa shape index (κ3) is 3.18. The molecule has 0 radical (unpaired) electrons. The highest BCUT2D eigenvalue weighted by molar-refractivity contribution is 5.31. The van der Waals surface area contributed by atoms with Crippen LogP contribution in [0, 0.1) is 0 Å². The van der Waals surface area contributed by atoms with Crippen LogP contribution in [0.5, 0.6) is 0 Å². The quantitative estimate of drug-likeness (QED) is 0.706. The molecule has 1 aliphatic heterocycles. The largest absolute Gasteiger partial charge is 0.353 e. The molecule has 0 saturated carbocycles. The summed E-state index contributed by atoms with van der Waals surface area (Å²) in [6, 6.07) is 0. The zero-order valence-corrected chi connectivity index (χ0v) is 9.50. The number of ether oxygens (including phenoxy) is 2. The Kier molecular flexibility index (Phi) is 3.98. The first-order valence-corrected chi connectivity index (χ1v) is 5.94. The van der Waals surface area contributed by atoms with E-state index in [-0.39, 0.29) is 6.29 Å². The summed E-state index contributed by atoms with van der Waals surface area (Å²) in [5, 5.41) is 0.